The third kappa shape index (κ3) is 2.59. The summed E-state index contributed by atoms with van der Waals surface area (Å²) in [7, 11) is 0. The summed E-state index contributed by atoms with van der Waals surface area (Å²) in [5.74, 6) is -0.500. The number of hydrogen-bond acceptors (Lipinski definition) is 6. The molecule has 4 N–H and O–H groups in total. The van der Waals surface area contributed by atoms with E-state index in [-0.39, 0.29) is 12.2 Å². The maximum absolute atomic E-state index is 10.7. The Bertz CT molecular complexity index is 814. The number of benzene rings is 1. The van der Waals surface area contributed by atoms with E-state index >= 15 is 0 Å². The minimum absolute atomic E-state index is 0.00424. The zero-order chi connectivity index (χ0) is 14.8. The topological polar surface area (TPSA) is 124 Å². The number of aromatic hydroxyl groups is 1. The number of rotatable bonds is 4. The molecule has 8 nitrogen and oxygen atoms in total. The lowest BCUT2D eigenvalue weighted by atomic mass is 10.1. The van der Waals surface area contributed by atoms with Crippen molar-refractivity contribution in [2.75, 3.05) is 5.32 Å². The molecule has 8 heteroatoms. The van der Waals surface area contributed by atoms with E-state index in [1.165, 1.54) is 18.7 Å². The van der Waals surface area contributed by atoms with E-state index in [1.807, 2.05) is 0 Å². The molecule has 3 aromatic rings. The summed E-state index contributed by atoms with van der Waals surface area (Å²) >= 11 is 0. The van der Waals surface area contributed by atoms with Crippen molar-refractivity contribution in [3.05, 3.63) is 36.4 Å². The molecule has 0 atom stereocenters. The van der Waals surface area contributed by atoms with E-state index in [0.29, 0.717) is 28.2 Å². The van der Waals surface area contributed by atoms with Gasteiger partial charge in [-0.15, -0.1) is 0 Å². The SMILES string of the molecule is O=C(O)Cc1ccc(O)c(Nc2ncnc3nc[nH]c23)c1. The average Bonchev–Trinajstić information content (AvgIpc) is 2.91. The molecule has 0 bridgehead atoms. The normalized spacial score (nSPS) is 10.7. The molecule has 0 fully saturated rings. The van der Waals surface area contributed by atoms with Crippen molar-refractivity contribution in [2.24, 2.45) is 0 Å². The van der Waals surface area contributed by atoms with Gasteiger partial charge in [-0.05, 0) is 17.7 Å². The summed E-state index contributed by atoms with van der Waals surface area (Å²) in [4.78, 5) is 25.7. The van der Waals surface area contributed by atoms with Gasteiger partial charge in [-0.1, -0.05) is 6.07 Å². The fourth-order valence-corrected chi connectivity index (χ4v) is 1.96. The molecule has 0 spiro atoms. The summed E-state index contributed by atoms with van der Waals surface area (Å²) < 4.78 is 0. The lowest BCUT2D eigenvalue weighted by molar-refractivity contribution is -0.136. The highest BCUT2D eigenvalue weighted by atomic mass is 16.4. The predicted octanol–water partition coefficient (Wildman–Crippen LogP) is 1.43. The van der Waals surface area contributed by atoms with Crippen LogP contribution < -0.4 is 5.32 Å². The maximum Gasteiger partial charge on any atom is 0.307 e. The number of nitrogens with one attached hydrogen (secondary N) is 2. The molecule has 0 saturated carbocycles. The second-order valence-corrected chi connectivity index (χ2v) is 4.37. The Morgan fingerprint density at radius 2 is 2.14 bits per heavy atom. The van der Waals surface area contributed by atoms with Gasteiger partial charge in [0.1, 0.15) is 17.6 Å². The number of carboxylic acid groups (broad SMARTS) is 1. The van der Waals surface area contributed by atoms with Crippen molar-refractivity contribution < 1.29 is 15.0 Å². The molecule has 106 valence electrons. The van der Waals surface area contributed by atoms with Crippen LogP contribution in [-0.4, -0.2) is 36.1 Å². The number of carbonyl (C=O) groups is 1. The number of fused-ring (bicyclic) bond motifs is 1. The van der Waals surface area contributed by atoms with Crippen LogP contribution in [0.2, 0.25) is 0 Å². The fourth-order valence-electron chi connectivity index (χ4n) is 1.96. The first kappa shape index (κ1) is 12.9. The molecule has 2 heterocycles. The molecule has 0 aliphatic heterocycles. The monoisotopic (exact) mass is 285 g/mol. The number of aromatic nitrogens is 4. The summed E-state index contributed by atoms with van der Waals surface area (Å²) in [6, 6.07) is 4.56. The van der Waals surface area contributed by atoms with Crippen LogP contribution in [0.25, 0.3) is 11.2 Å². The number of aromatic amines is 1. The van der Waals surface area contributed by atoms with Crippen molar-refractivity contribution >= 4 is 28.6 Å². The van der Waals surface area contributed by atoms with E-state index in [4.69, 9.17) is 5.11 Å². The lowest BCUT2D eigenvalue weighted by Crippen LogP contribution is -2.01. The second-order valence-electron chi connectivity index (χ2n) is 4.37. The molecule has 21 heavy (non-hydrogen) atoms. The molecule has 3 rings (SSSR count). The molecule has 1 aromatic carbocycles. The van der Waals surface area contributed by atoms with E-state index in [9.17, 15) is 9.90 Å². The van der Waals surface area contributed by atoms with Crippen LogP contribution in [0, 0.1) is 0 Å². The van der Waals surface area contributed by atoms with Gasteiger partial charge in [0.2, 0.25) is 0 Å². The standard InChI is InChI=1S/C13H11N5O3/c19-9-2-1-7(4-10(20)21)3-8(9)18-13-11-12(15-5-14-11)16-6-17-13/h1-3,5-6,19H,4H2,(H,20,21)(H2,14,15,16,17,18). The van der Waals surface area contributed by atoms with Gasteiger partial charge in [-0.3, -0.25) is 4.79 Å². The van der Waals surface area contributed by atoms with E-state index in [0.717, 1.165) is 0 Å². The van der Waals surface area contributed by atoms with Crippen LogP contribution in [0.3, 0.4) is 0 Å². The Kier molecular flexibility index (Phi) is 3.11. The molecular formula is C13H11N5O3. The number of hydrogen-bond donors (Lipinski definition) is 4. The zero-order valence-electron chi connectivity index (χ0n) is 10.7. The third-order valence-corrected chi connectivity index (χ3v) is 2.89. The van der Waals surface area contributed by atoms with Gasteiger partial charge in [0.05, 0.1) is 18.4 Å². The predicted molar refractivity (Wildman–Crippen MR) is 74.4 cm³/mol. The number of aliphatic carboxylic acids is 1. The van der Waals surface area contributed by atoms with Gasteiger partial charge < -0.3 is 20.5 Å². The lowest BCUT2D eigenvalue weighted by Gasteiger charge is -2.09. The van der Waals surface area contributed by atoms with Gasteiger partial charge in [0, 0.05) is 0 Å². The highest BCUT2D eigenvalue weighted by Crippen LogP contribution is 2.29. The van der Waals surface area contributed by atoms with Crippen molar-refractivity contribution in [2.45, 2.75) is 6.42 Å². The number of nitrogens with zero attached hydrogens (tertiary/aromatic N) is 3. The van der Waals surface area contributed by atoms with Crippen molar-refractivity contribution in [3.8, 4) is 5.75 Å². The smallest absolute Gasteiger partial charge is 0.307 e. The van der Waals surface area contributed by atoms with Gasteiger partial charge in [-0.25, -0.2) is 15.0 Å². The third-order valence-electron chi connectivity index (χ3n) is 2.89. The molecule has 0 radical (unpaired) electrons. The summed E-state index contributed by atoms with van der Waals surface area (Å²) in [5.41, 5.74) is 2.02. The summed E-state index contributed by atoms with van der Waals surface area (Å²) in [6.45, 7) is 0. The number of H-pyrrole nitrogens is 1. The van der Waals surface area contributed by atoms with Gasteiger partial charge >= 0.3 is 5.97 Å². The van der Waals surface area contributed by atoms with Crippen LogP contribution >= 0.6 is 0 Å². The van der Waals surface area contributed by atoms with Gasteiger partial charge in [-0.2, -0.15) is 0 Å². The van der Waals surface area contributed by atoms with Crippen LogP contribution in [-0.2, 0) is 11.2 Å². The first-order chi connectivity index (χ1) is 10.1. The molecule has 2 aromatic heterocycles. The van der Waals surface area contributed by atoms with E-state index in [2.05, 4.69) is 25.3 Å². The van der Waals surface area contributed by atoms with E-state index < -0.39 is 5.97 Å². The minimum Gasteiger partial charge on any atom is -0.506 e. The average molecular weight is 285 g/mol. The van der Waals surface area contributed by atoms with E-state index in [1.54, 1.807) is 12.1 Å². The Labute approximate surface area is 118 Å². The molecule has 0 amide bonds. The Balaban J connectivity index is 1.97. The minimum atomic E-state index is -0.940. The quantitative estimate of drug-likeness (QED) is 0.534. The first-order valence-corrected chi connectivity index (χ1v) is 6.08. The van der Waals surface area contributed by atoms with Crippen molar-refractivity contribution in [1.29, 1.82) is 0 Å². The number of phenols is 1. The Morgan fingerprint density at radius 1 is 1.29 bits per heavy atom. The number of carboxylic acids is 1. The van der Waals surface area contributed by atoms with Gasteiger partial charge in [0.25, 0.3) is 0 Å². The molecular weight excluding hydrogens is 274 g/mol. The van der Waals surface area contributed by atoms with Crippen molar-refractivity contribution in [1.82, 2.24) is 19.9 Å². The summed E-state index contributed by atoms with van der Waals surface area (Å²) in [5, 5.41) is 21.6. The number of phenolic OH excluding ortho intramolecular Hbond substituents is 1. The van der Waals surface area contributed by atoms with Crippen LogP contribution in [0.15, 0.2) is 30.9 Å². The largest absolute Gasteiger partial charge is 0.506 e. The first-order valence-electron chi connectivity index (χ1n) is 6.08. The molecule has 0 saturated heterocycles. The Morgan fingerprint density at radius 3 is 2.95 bits per heavy atom. The number of anilines is 2. The van der Waals surface area contributed by atoms with Crippen LogP contribution in [0.1, 0.15) is 5.56 Å². The fraction of sp³-hybridized carbons (Fsp3) is 0.0769. The second kappa shape index (κ2) is 5.08. The zero-order valence-corrected chi connectivity index (χ0v) is 10.7. The van der Waals surface area contributed by atoms with Gasteiger partial charge in [0.15, 0.2) is 11.5 Å². The summed E-state index contributed by atoms with van der Waals surface area (Å²) in [6.07, 6.45) is 2.72. The highest BCUT2D eigenvalue weighted by molar-refractivity contribution is 5.85. The molecule has 0 aliphatic rings. The Hall–Kier alpha value is -3.16. The maximum atomic E-state index is 10.7. The highest BCUT2D eigenvalue weighted by Gasteiger charge is 2.10. The number of imidazole rings is 1. The van der Waals surface area contributed by atoms with Crippen LogP contribution in [0.4, 0.5) is 11.5 Å². The van der Waals surface area contributed by atoms with Crippen molar-refractivity contribution in [3.63, 3.8) is 0 Å². The van der Waals surface area contributed by atoms with Crippen LogP contribution in [0.5, 0.6) is 5.75 Å². The molecule has 0 unspecified atom stereocenters. The molecule has 0 aliphatic carbocycles.